The molecule has 1 aromatic heterocycles. The third-order valence-electron chi connectivity index (χ3n) is 2.97. The van der Waals surface area contributed by atoms with E-state index in [0.717, 1.165) is 5.56 Å². The van der Waals surface area contributed by atoms with Crippen LogP contribution >= 0.6 is 12.4 Å². The molecule has 0 radical (unpaired) electrons. The van der Waals surface area contributed by atoms with Gasteiger partial charge in [0.2, 0.25) is 5.91 Å². The van der Waals surface area contributed by atoms with E-state index in [2.05, 4.69) is 10.4 Å². The van der Waals surface area contributed by atoms with Crippen molar-refractivity contribution in [2.75, 3.05) is 33.3 Å². The Morgan fingerprint density at radius 1 is 1.63 bits per heavy atom. The number of carbonyl (C=O) groups is 1. The first-order valence-corrected chi connectivity index (χ1v) is 6.22. The van der Waals surface area contributed by atoms with Gasteiger partial charge in [0.05, 0.1) is 32.0 Å². The highest BCUT2D eigenvalue weighted by atomic mass is 35.5. The molecule has 1 fully saturated rings. The van der Waals surface area contributed by atoms with E-state index in [1.165, 1.54) is 0 Å². The number of aryl methyl sites for hydroxylation is 1. The first-order chi connectivity index (χ1) is 8.69. The Morgan fingerprint density at radius 3 is 3.05 bits per heavy atom. The maximum Gasteiger partial charge on any atom is 0.236 e. The van der Waals surface area contributed by atoms with Gasteiger partial charge in [0.1, 0.15) is 0 Å². The standard InChI is InChI=1S/C12H20N4O2.ClH/c1-10-5-14-16(7-10)9-11-8-15(3-4-18-11)12(17)6-13-2;/h5,7,11,13H,3-4,6,8-9H2,1-2H3;1H. The first-order valence-electron chi connectivity index (χ1n) is 6.22. The van der Waals surface area contributed by atoms with Crippen molar-refractivity contribution in [3.05, 3.63) is 18.0 Å². The van der Waals surface area contributed by atoms with Gasteiger partial charge in [-0.15, -0.1) is 12.4 Å². The second-order valence-corrected chi connectivity index (χ2v) is 4.60. The Bertz CT molecular complexity index is 410. The third kappa shape index (κ3) is 4.49. The highest BCUT2D eigenvalue weighted by Gasteiger charge is 2.24. The van der Waals surface area contributed by atoms with Gasteiger partial charge >= 0.3 is 0 Å². The molecular formula is C12H21ClN4O2. The van der Waals surface area contributed by atoms with E-state index in [9.17, 15) is 4.79 Å². The van der Waals surface area contributed by atoms with E-state index < -0.39 is 0 Å². The van der Waals surface area contributed by atoms with Gasteiger partial charge in [-0.3, -0.25) is 9.48 Å². The molecule has 1 atom stereocenters. The molecule has 7 heteroatoms. The monoisotopic (exact) mass is 288 g/mol. The number of amides is 1. The van der Waals surface area contributed by atoms with Crippen LogP contribution in [0.5, 0.6) is 0 Å². The van der Waals surface area contributed by atoms with Gasteiger partial charge in [-0.2, -0.15) is 5.10 Å². The van der Waals surface area contributed by atoms with E-state index in [-0.39, 0.29) is 24.4 Å². The summed E-state index contributed by atoms with van der Waals surface area (Å²) in [5.74, 6) is 0.127. The molecular weight excluding hydrogens is 268 g/mol. The molecule has 2 rings (SSSR count). The van der Waals surface area contributed by atoms with Crippen molar-refractivity contribution in [3.8, 4) is 0 Å². The zero-order valence-electron chi connectivity index (χ0n) is 11.3. The van der Waals surface area contributed by atoms with Crippen molar-refractivity contribution in [1.82, 2.24) is 20.0 Å². The van der Waals surface area contributed by atoms with Crippen LogP contribution in [0.2, 0.25) is 0 Å². The minimum absolute atomic E-state index is 0. The number of aromatic nitrogens is 2. The molecule has 1 aliphatic heterocycles. The van der Waals surface area contributed by atoms with E-state index >= 15 is 0 Å². The maximum atomic E-state index is 11.8. The highest BCUT2D eigenvalue weighted by Crippen LogP contribution is 2.08. The molecule has 6 nitrogen and oxygen atoms in total. The number of likely N-dealkylation sites (N-methyl/N-ethyl adjacent to an activating group) is 1. The SMILES string of the molecule is CNCC(=O)N1CCOC(Cn2cc(C)cn2)C1.Cl. The molecule has 1 N–H and O–H groups in total. The molecule has 108 valence electrons. The summed E-state index contributed by atoms with van der Waals surface area (Å²) in [7, 11) is 1.78. The van der Waals surface area contributed by atoms with Crippen LogP contribution in [0.4, 0.5) is 0 Å². The summed E-state index contributed by atoms with van der Waals surface area (Å²) in [5.41, 5.74) is 1.13. The van der Waals surface area contributed by atoms with Gasteiger partial charge < -0.3 is 15.0 Å². The van der Waals surface area contributed by atoms with E-state index in [4.69, 9.17) is 4.74 Å². The summed E-state index contributed by atoms with van der Waals surface area (Å²) >= 11 is 0. The lowest BCUT2D eigenvalue weighted by Gasteiger charge is -2.33. The molecule has 19 heavy (non-hydrogen) atoms. The van der Waals surface area contributed by atoms with Gasteiger partial charge in [0.25, 0.3) is 0 Å². The van der Waals surface area contributed by atoms with Gasteiger partial charge in [0, 0.05) is 19.3 Å². The van der Waals surface area contributed by atoms with Gasteiger partial charge in [-0.05, 0) is 19.5 Å². The van der Waals surface area contributed by atoms with Crippen molar-refractivity contribution in [1.29, 1.82) is 0 Å². The van der Waals surface area contributed by atoms with Crippen LogP contribution in [-0.2, 0) is 16.1 Å². The fraction of sp³-hybridized carbons (Fsp3) is 0.667. The average molecular weight is 289 g/mol. The van der Waals surface area contributed by atoms with Crippen molar-refractivity contribution < 1.29 is 9.53 Å². The van der Waals surface area contributed by atoms with Crippen molar-refractivity contribution in [2.24, 2.45) is 0 Å². The number of nitrogens with zero attached hydrogens (tertiary/aromatic N) is 3. The summed E-state index contributed by atoms with van der Waals surface area (Å²) < 4.78 is 7.54. The van der Waals surface area contributed by atoms with Crippen molar-refractivity contribution in [3.63, 3.8) is 0 Å². The van der Waals surface area contributed by atoms with Gasteiger partial charge in [-0.1, -0.05) is 0 Å². The molecule has 0 aromatic carbocycles. The zero-order valence-corrected chi connectivity index (χ0v) is 12.2. The Morgan fingerprint density at radius 2 is 2.42 bits per heavy atom. The minimum Gasteiger partial charge on any atom is -0.373 e. The topological polar surface area (TPSA) is 59.4 Å². The number of hydrogen-bond donors (Lipinski definition) is 1. The minimum atomic E-state index is 0. The normalized spacial score (nSPS) is 19.1. The second kappa shape index (κ2) is 7.47. The summed E-state index contributed by atoms with van der Waals surface area (Å²) in [6.45, 7) is 4.99. The number of ether oxygens (including phenoxy) is 1. The Hall–Kier alpha value is -1.11. The lowest BCUT2D eigenvalue weighted by molar-refractivity contribution is -0.138. The van der Waals surface area contributed by atoms with E-state index in [1.807, 2.05) is 28.9 Å². The summed E-state index contributed by atoms with van der Waals surface area (Å²) in [5, 5.41) is 7.12. The molecule has 0 bridgehead atoms. The Labute approximate surface area is 119 Å². The Balaban J connectivity index is 0.00000180. The highest BCUT2D eigenvalue weighted by molar-refractivity contribution is 5.85. The molecule has 1 amide bonds. The number of halogens is 1. The van der Waals surface area contributed by atoms with Crippen LogP contribution in [0, 0.1) is 6.92 Å². The fourth-order valence-corrected chi connectivity index (χ4v) is 2.09. The number of morpholine rings is 1. The third-order valence-corrected chi connectivity index (χ3v) is 2.97. The van der Waals surface area contributed by atoms with Crippen LogP contribution in [0.1, 0.15) is 5.56 Å². The lowest BCUT2D eigenvalue weighted by Crippen LogP contribution is -2.49. The average Bonchev–Trinajstić information content (AvgIpc) is 2.75. The van der Waals surface area contributed by atoms with Crippen LogP contribution in [-0.4, -0.2) is 60.0 Å². The fourth-order valence-electron chi connectivity index (χ4n) is 2.09. The molecule has 1 aliphatic rings. The van der Waals surface area contributed by atoms with Crippen LogP contribution in [0.3, 0.4) is 0 Å². The smallest absolute Gasteiger partial charge is 0.236 e. The summed E-state index contributed by atoms with van der Waals surface area (Å²) in [6, 6.07) is 0. The van der Waals surface area contributed by atoms with Crippen molar-refractivity contribution in [2.45, 2.75) is 19.6 Å². The lowest BCUT2D eigenvalue weighted by atomic mass is 10.2. The molecule has 0 aliphatic carbocycles. The van der Waals surface area contributed by atoms with Gasteiger partial charge in [-0.25, -0.2) is 0 Å². The molecule has 0 spiro atoms. The maximum absolute atomic E-state index is 11.8. The summed E-state index contributed by atoms with van der Waals surface area (Å²) in [4.78, 5) is 13.6. The predicted octanol–water partition coefficient (Wildman–Crippen LogP) is 0.0601. The van der Waals surface area contributed by atoms with E-state index in [1.54, 1.807) is 7.05 Å². The molecule has 0 saturated carbocycles. The number of carbonyl (C=O) groups excluding carboxylic acids is 1. The number of nitrogens with one attached hydrogen (secondary N) is 1. The van der Waals surface area contributed by atoms with E-state index in [0.29, 0.717) is 32.8 Å². The van der Waals surface area contributed by atoms with Crippen LogP contribution in [0.15, 0.2) is 12.4 Å². The van der Waals surface area contributed by atoms with Crippen LogP contribution in [0.25, 0.3) is 0 Å². The first kappa shape index (κ1) is 15.9. The van der Waals surface area contributed by atoms with Crippen LogP contribution < -0.4 is 5.32 Å². The quantitative estimate of drug-likeness (QED) is 0.851. The number of hydrogen-bond acceptors (Lipinski definition) is 4. The number of rotatable bonds is 4. The zero-order chi connectivity index (χ0) is 13.0. The molecule has 2 heterocycles. The molecule has 1 saturated heterocycles. The van der Waals surface area contributed by atoms with Crippen molar-refractivity contribution >= 4 is 18.3 Å². The largest absolute Gasteiger partial charge is 0.373 e. The summed E-state index contributed by atoms with van der Waals surface area (Å²) in [6.07, 6.45) is 3.84. The Kier molecular flexibility index (Phi) is 6.27. The molecule has 1 unspecified atom stereocenters. The van der Waals surface area contributed by atoms with Gasteiger partial charge in [0.15, 0.2) is 0 Å². The molecule has 1 aromatic rings. The second-order valence-electron chi connectivity index (χ2n) is 4.60. The predicted molar refractivity (Wildman–Crippen MR) is 74.5 cm³/mol.